The third kappa shape index (κ3) is 6.05. The molecule has 0 N–H and O–H groups in total. The van der Waals surface area contributed by atoms with E-state index in [4.69, 9.17) is 4.74 Å². The minimum absolute atomic E-state index is 0.0431. The molecule has 1 unspecified atom stereocenters. The fraction of sp³-hybridized carbons (Fsp3) is 0.435. The zero-order valence-corrected chi connectivity index (χ0v) is 18.0. The average Bonchev–Trinajstić information content (AvgIpc) is 3.10. The minimum Gasteiger partial charge on any atom is -0.494 e. The van der Waals surface area contributed by atoms with Gasteiger partial charge in [-0.1, -0.05) is 31.9 Å². The van der Waals surface area contributed by atoms with E-state index in [1.165, 1.54) is 12.1 Å². The summed E-state index contributed by atoms with van der Waals surface area (Å²) in [4.78, 5) is 14.8. The molecule has 1 saturated heterocycles. The SMILES string of the molecule is CCCCCOc1ccc(C(=O)N(Cc2ccc(F)cc2)C2CCS(=O)(=O)C2)cc1. The Bertz CT molecular complexity index is 942. The van der Waals surface area contributed by atoms with Gasteiger partial charge >= 0.3 is 0 Å². The second kappa shape index (κ2) is 10.1. The summed E-state index contributed by atoms with van der Waals surface area (Å²) in [6, 6.07) is 12.5. The van der Waals surface area contributed by atoms with Crippen molar-refractivity contribution in [1.29, 1.82) is 0 Å². The number of rotatable bonds is 9. The second-order valence-electron chi connectivity index (χ2n) is 7.70. The van der Waals surface area contributed by atoms with Crippen LogP contribution in [0.15, 0.2) is 48.5 Å². The summed E-state index contributed by atoms with van der Waals surface area (Å²) in [6.07, 6.45) is 3.63. The second-order valence-corrected chi connectivity index (χ2v) is 9.93. The first kappa shape index (κ1) is 22.3. The summed E-state index contributed by atoms with van der Waals surface area (Å²) >= 11 is 0. The molecule has 5 nitrogen and oxygen atoms in total. The van der Waals surface area contributed by atoms with Crippen LogP contribution in [0.5, 0.6) is 5.75 Å². The molecule has 0 aliphatic carbocycles. The lowest BCUT2D eigenvalue weighted by Gasteiger charge is -2.28. The third-order valence-corrected chi connectivity index (χ3v) is 7.04. The number of unbranched alkanes of at least 4 members (excludes halogenated alkanes) is 2. The highest BCUT2D eigenvalue weighted by Crippen LogP contribution is 2.23. The fourth-order valence-electron chi connectivity index (χ4n) is 3.58. The minimum atomic E-state index is -3.15. The van der Waals surface area contributed by atoms with E-state index in [2.05, 4.69) is 6.92 Å². The Kier molecular flexibility index (Phi) is 7.48. The van der Waals surface area contributed by atoms with E-state index in [1.54, 1.807) is 41.3 Å². The van der Waals surface area contributed by atoms with E-state index >= 15 is 0 Å². The number of hydrogen-bond donors (Lipinski definition) is 0. The maximum Gasteiger partial charge on any atom is 0.254 e. The molecular weight excluding hydrogens is 405 g/mol. The average molecular weight is 434 g/mol. The predicted octanol–water partition coefficient (Wildman–Crippen LogP) is 4.22. The highest BCUT2D eigenvalue weighted by Gasteiger charge is 2.35. The van der Waals surface area contributed by atoms with Gasteiger partial charge in [0.05, 0.1) is 18.1 Å². The molecule has 2 aromatic carbocycles. The molecule has 1 aliphatic heterocycles. The van der Waals surface area contributed by atoms with Gasteiger partial charge in [-0.2, -0.15) is 0 Å². The quantitative estimate of drug-likeness (QED) is 0.556. The van der Waals surface area contributed by atoms with Gasteiger partial charge in [0, 0.05) is 18.2 Å². The summed E-state index contributed by atoms with van der Waals surface area (Å²) in [5.74, 6) is 0.151. The van der Waals surface area contributed by atoms with Crippen molar-refractivity contribution in [2.75, 3.05) is 18.1 Å². The number of benzene rings is 2. The maximum absolute atomic E-state index is 13.2. The standard InChI is InChI=1S/C23H28FNO4S/c1-2-3-4-14-29-22-11-7-19(8-12-22)23(26)25(21-13-15-30(27,28)17-21)16-18-5-9-20(24)10-6-18/h5-12,21H,2-4,13-17H2,1H3. The molecule has 30 heavy (non-hydrogen) atoms. The van der Waals surface area contributed by atoms with E-state index < -0.39 is 15.9 Å². The number of ether oxygens (including phenoxy) is 1. The normalized spacial score (nSPS) is 17.6. The molecule has 1 atom stereocenters. The molecule has 1 fully saturated rings. The van der Waals surface area contributed by atoms with Crippen LogP contribution in [0, 0.1) is 5.82 Å². The van der Waals surface area contributed by atoms with Gasteiger partial charge in [0.2, 0.25) is 0 Å². The molecule has 1 heterocycles. The van der Waals surface area contributed by atoms with Crippen molar-refractivity contribution in [2.45, 2.75) is 45.2 Å². The van der Waals surface area contributed by atoms with Crippen LogP contribution in [-0.4, -0.2) is 43.4 Å². The zero-order valence-electron chi connectivity index (χ0n) is 17.2. The van der Waals surface area contributed by atoms with Crippen molar-refractivity contribution < 1.29 is 22.3 Å². The van der Waals surface area contributed by atoms with Crippen LogP contribution < -0.4 is 4.74 Å². The topological polar surface area (TPSA) is 63.7 Å². The smallest absolute Gasteiger partial charge is 0.254 e. The summed E-state index contributed by atoms with van der Waals surface area (Å²) in [5, 5.41) is 0. The Morgan fingerprint density at radius 3 is 2.40 bits per heavy atom. The van der Waals surface area contributed by atoms with Crippen molar-refractivity contribution in [3.8, 4) is 5.75 Å². The zero-order chi connectivity index (χ0) is 21.6. The molecule has 0 aromatic heterocycles. The van der Waals surface area contributed by atoms with Crippen LogP contribution in [0.4, 0.5) is 4.39 Å². The Balaban J connectivity index is 1.75. The molecule has 3 rings (SSSR count). The number of sulfone groups is 1. The third-order valence-electron chi connectivity index (χ3n) is 5.29. The number of amides is 1. The largest absolute Gasteiger partial charge is 0.494 e. The van der Waals surface area contributed by atoms with Crippen molar-refractivity contribution in [1.82, 2.24) is 4.90 Å². The van der Waals surface area contributed by atoms with Crippen LogP contribution >= 0.6 is 0 Å². The molecule has 7 heteroatoms. The fourth-order valence-corrected chi connectivity index (χ4v) is 5.31. The van der Waals surface area contributed by atoms with Gasteiger partial charge in [-0.05, 0) is 54.8 Å². The van der Waals surface area contributed by atoms with Crippen molar-refractivity contribution in [3.05, 3.63) is 65.5 Å². The van der Waals surface area contributed by atoms with E-state index in [-0.39, 0.29) is 29.8 Å². The number of carbonyl (C=O) groups excluding carboxylic acids is 1. The van der Waals surface area contributed by atoms with Crippen LogP contribution in [0.25, 0.3) is 0 Å². The number of nitrogens with zero attached hydrogens (tertiary/aromatic N) is 1. The summed E-state index contributed by atoms with van der Waals surface area (Å²) in [6.45, 7) is 3.00. The molecule has 0 saturated carbocycles. The first-order valence-corrected chi connectivity index (χ1v) is 12.2. The van der Waals surface area contributed by atoms with E-state index in [0.717, 1.165) is 24.8 Å². The summed E-state index contributed by atoms with van der Waals surface area (Å²) in [5.41, 5.74) is 1.23. The highest BCUT2D eigenvalue weighted by atomic mass is 32.2. The number of hydrogen-bond acceptors (Lipinski definition) is 4. The Morgan fingerprint density at radius 1 is 1.10 bits per heavy atom. The maximum atomic E-state index is 13.2. The van der Waals surface area contributed by atoms with Crippen LogP contribution in [0.3, 0.4) is 0 Å². The van der Waals surface area contributed by atoms with E-state index in [9.17, 15) is 17.6 Å². The number of halogens is 1. The molecule has 0 radical (unpaired) electrons. The van der Waals surface area contributed by atoms with Crippen molar-refractivity contribution in [2.24, 2.45) is 0 Å². The van der Waals surface area contributed by atoms with E-state index in [0.29, 0.717) is 24.3 Å². The van der Waals surface area contributed by atoms with Crippen molar-refractivity contribution >= 4 is 15.7 Å². The first-order chi connectivity index (χ1) is 14.4. The highest BCUT2D eigenvalue weighted by molar-refractivity contribution is 7.91. The Labute approximate surface area is 177 Å². The molecule has 162 valence electrons. The molecule has 1 amide bonds. The lowest BCUT2D eigenvalue weighted by Crippen LogP contribution is -2.40. The Morgan fingerprint density at radius 2 is 1.80 bits per heavy atom. The van der Waals surface area contributed by atoms with Crippen LogP contribution in [0.2, 0.25) is 0 Å². The monoisotopic (exact) mass is 433 g/mol. The molecule has 1 aliphatic rings. The molecule has 2 aromatic rings. The molecule has 0 bridgehead atoms. The lowest BCUT2D eigenvalue weighted by molar-refractivity contribution is 0.0681. The number of carbonyl (C=O) groups is 1. The molecule has 0 spiro atoms. The van der Waals surface area contributed by atoms with Crippen LogP contribution in [0.1, 0.15) is 48.5 Å². The van der Waals surface area contributed by atoms with Gasteiger partial charge in [0.15, 0.2) is 9.84 Å². The van der Waals surface area contributed by atoms with Gasteiger partial charge in [0.25, 0.3) is 5.91 Å². The van der Waals surface area contributed by atoms with Crippen molar-refractivity contribution in [3.63, 3.8) is 0 Å². The van der Waals surface area contributed by atoms with Gasteiger partial charge in [-0.15, -0.1) is 0 Å². The summed E-state index contributed by atoms with van der Waals surface area (Å²) < 4.78 is 42.9. The van der Waals surface area contributed by atoms with Crippen LogP contribution in [-0.2, 0) is 16.4 Å². The Hall–Kier alpha value is -2.41. The predicted molar refractivity (Wildman–Crippen MR) is 115 cm³/mol. The van der Waals surface area contributed by atoms with Gasteiger partial charge < -0.3 is 9.64 Å². The molecular formula is C23H28FNO4S. The van der Waals surface area contributed by atoms with Gasteiger partial charge in [-0.3, -0.25) is 4.79 Å². The lowest BCUT2D eigenvalue weighted by atomic mass is 10.1. The summed E-state index contributed by atoms with van der Waals surface area (Å²) in [7, 11) is -3.15. The van der Waals surface area contributed by atoms with E-state index in [1.807, 2.05) is 0 Å². The van der Waals surface area contributed by atoms with Gasteiger partial charge in [-0.25, -0.2) is 12.8 Å². The first-order valence-electron chi connectivity index (χ1n) is 10.4. The van der Waals surface area contributed by atoms with Gasteiger partial charge in [0.1, 0.15) is 11.6 Å².